The molecular weight excluding hydrogens is 621 g/mol. The number of rotatable bonds is 10. The second-order valence-electron chi connectivity index (χ2n) is 16.1. The van der Waals surface area contributed by atoms with Crippen molar-refractivity contribution in [3.05, 3.63) is 76.7 Å². The molecule has 0 spiro atoms. The van der Waals surface area contributed by atoms with Gasteiger partial charge < -0.3 is 14.4 Å². The Bertz CT molecular complexity index is 1600. The van der Waals surface area contributed by atoms with Crippen molar-refractivity contribution in [3.8, 4) is 5.75 Å². The quantitative estimate of drug-likeness (QED) is 0.185. The molecule has 0 amide bonds. The fourth-order valence-corrected chi connectivity index (χ4v) is 9.05. The highest BCUT2D eigenvalue weighted by molar-refractivity contribution is 6.03. The molecule has 0 radical (unpaired) electrons. The molecule has 7 heteroatoms. The number of fused-ring (bicyclic) bond motifs is 2. The number of halogens is 3. The topological polar surface area (TPSA) is 24.7 Å². The number of hydrogen-bond donors (Lipinski definition) is 0. The molecule has 0 unspecified atom stereocenters. The molecule has 2 aliphatic heterocycles. The summed E-state index contributed by atoms with van der Waals surface area (Å²) in [6, 6.07) is 11.7. The van der Waals surface area contributed by atoms with Crippen LogP contribution < -0.4 is 9.64 Å². The van der Waals surface area contributed by atoms with E-state index in [1.165, 1.54) is 99.2 Å². The van der Waals surface area contributed by atoms with Gasteiger partial charge in [-0.25, -0.2) is 0 Å². The summed E-state index contributed by atoms with van der Waals surface area (Å²) < 4.78 is 52.9. The van der Waals surface area contributed by atoms with Crippen LogP contribution in [0.15, 0.2) is 60.0 Å². The van der Waals surface area contributed by atoms with Crippen LogP contribution >= 0.6 is 0 Å². The lowest BCUT2D eigenvalue weighted by molar-refractivity contribution is -0.439. The third kappa shape index (κ3) is 7.61. The number of ether oxygens (including phenoxy) is 2. The van der Waals surface area contributed by atoms with Gasteiger partial charge in [0.2, 0.25) is 5.69 Å². The first kappa shape index (κ1) is 35.6. The van der Waals surface area contributed by atoms with Crippen molar-refractivity contribution in [2.75, 3.05) is 25.1 Å². The smallest absolute Gasteiger partial charge is 0.496 e. The molecule has 4 nitrogen and oxygen atoms in total. The maximum absolute atomic E-state index is 13.3. The number of anilines is 1. The third-order valence-electron chi connectivity index (χ3n) is 11.9. The predicted octanol–water partition coefficient (Wildman–Crippen LogP) is 11.4. The van der Waals surface area contributed by atoms with Crippen LogP contribution in [0.25, 0.3) is 0 Å². The highest BCUT2D eigenvalue weighted by atomic mass is 19.4. The fourth-order valence-electron chi connectivity index (χ4n) is 9.05. The largest absolute Gasteiger partial charge is 0.573 e. The molecule has 0 bridgehead atoms. The SMILES string of the molecule is COC(=C\C1=[N+](CCC2CCCCC2)c2ccc(C)cc2C1(C)C)/C=C1/N(CCC2CCCCC2)c2ccc(OC(F)(F)F)cc2C1(C)C. The molecule has 2 aromatic carbocycles. The van der Waals surface area contributed by atoms with Crippen molar-refractivity contribution in [1.29, 1.82) is 0 Å². The zero-order valence-corrected chi connectivity index (χ0v) is 30.5. The summed E-state index contributed by atoms with van der Waals surface area (Å²) >= 11 is 0. The lowest BCUT2D eigenvalue weighted by Crippen LogP contribution is -2.30. The molecule has 0 N–H and O–H groups in total. The van der Waals surface area contributed by atoms with E-state index < -0.39 is 11.8 Å². The summed E-state index contributed by atoms with van der Waals surface area (Å²) in [5.74, 6) is 2.00. The van der Waals surface area contributed by atoms with Gasteiger partial charge in [-0.3, -0.25) is 0 Å². The fraction of sp³-hybridized carbons (Fsp3) is 0.595. The van der Waals surface area contributed by atoms with Crippen molar-refractivity contribution in [2.45, 2.75) is 129 Å². The van der Waals surface area contributed by atoms with E-state index in [1.54, 1.807) is 19.2 Å². The van der Waals surface area contributed by atoms with Crippen molar-refractivity contribution in [2.24, 2.45) is 11.8 Å². The standard InChI is InChI=1S/C42H56F3N2O2/c1-29-17-19-36-34(25-29)40(2,3)38(46(36)23-21-30-13-9-7-10-14-30)27-33(48-6)28-39-41(4,5)35-26-32(49-42(43,44)45)18-20-37(35)47(39)24-22-31-15-11-8-12-16-31/h17-20,25-28,30-31H,7-16,21-24H2,1-6H3/q+1. The lowest BCUT2D eigenvalue weighted by atomic mass is 9.80. The van der Waals surface area contributed by atoms with E-state index in [4.69, 9.17) is 4.74 Å². The average Bonchev–Trinajstić information content (AvgIpc) is 3.40. The molecule has 6 rings (SSSR count). The van der Waals surface area contributed by atoms with E-state index in [1.807, 2.05) is 0 Å². The van der Waals surface area contributed by atoms with Gasteiger partial charge in [0.15, 0.2) is 5.71 Å². The summed E-state index contributed by atoms with van der Waals surface area (Å²) in [6.07, 6.45) is 14.9. The van der Waals surface area contributed by atoms with Gasteiger partial charge in [0.05, 0.1) is 12.5 Å². The summed E-state index contributed by atoms with van der Waals surface area (Å²) in [5, 5.41) is 0. The van der Waals surface area contributed by atoms with Crippen molar-refractivity contribution < 1.29 is 27.2 Å². The van der Waals surface area contributed by atoms with Gasteiger partial charge in [0.25, 0.3) is 0 Å². The number of benzene rings is 2. The third-order valence-corrected chi connectivity index (χ3v) is 11.9. The Morgan fingerprint density at radius 2 is 1.51 bits per heavy atom. The van der Waals surface area contributed by atoms with Crippen molar-refractivity contribution >= 4 is 17.1 Å². The highest BCUT2D eigenvalue weighted by Crippen LogP contribution is 2.50. The normalized spacial score (nSPS) is 22.1. The zero-order chi connectivity index (χ0) is 35.0. The Morgan fingerprint density at radius 3 is 2.14 bits per heavy atom. The number of hydrogen-bond acceptors (Lipinski definition) is 3. The highest BCUT2D eigenvalue weighted by Gasteiger charge is 2.46. The molecule has 2 saturated carbocycles. The first-order chi connectivity index (χ1) is 23.3. The molecule has 266 valence electrons. The number of alkyl halides is 3. The first-order valence-corrected chi connectivity index (χ1v) is 18.7. The molecule has 2 aliphatic carbocycles. The van der Waals surface area contributed by atoms with Gasteiger partial charge in [-0.05, 0) is 68.9 Å². The Morgan fingerprint density at radius 1 is 0.857 bits per heavy atom. The minimum absolute atomic E-state index is 0.180. The molecular formula is C42H56F3N2O2+. The zero-order valence-electron chi connectivity index (χ0n) is 30.5. The summed E-state index contributed by atoms with van der Waals surface area (Å²) in [4.78, 5) is 2.33. The van der Waals surface area contributed by atoms with Crippen LogP contribution in [0.5, 0.6) is 5.75 Å². The van der Waals surface area contributed by atoms with Crippen molar-refractivity contribution in [3.63, 3.8) is 0 Å². The van der Waals surface area contributed by atoms with E-state index in [-0.39, 0.29) is 11.2 Å². The van der Waals surface area contributed by atoms with Gasteiger partial charge in [-0.15, -0.1) is 13.2 Å². The first-order valence-electron chi connectivity index (χ1n) is 18.7. The number of aryl methyl sites for hydroxylation is 1. The van der Waals surface area contributed by atoms with Crippen LogP contribution in [0.3, 0.4) is 0 Å². The van der Waals surface area contributed by atoms with E-state index >= 15 is 0 Å². The predicted molar refractivity (Wildman–Crippen MR) is 193 cm³/mol. The van der Waals surface area contributed by atoms with Gasteiger partial charge in [-0.1, -0.05) is 89.7 Å². The molecule has 49 heavy (non-hydrogen) atoms. The van der Waals surface area contributed by atoms with E-state index in [0.29, 0.717) is 5.92 Å². The van der Waals surface area contributed by atoms with Gasteiger partial charge in [-0.2, -0.15) is 4.58 Å². The molecule has 2 fully saturated rings. The van der Waals surface area contributed by atoms with Crippen LogP contribution in [-0.4, -0.2) is 36.8 Å². The van der Waals surface area contributed by atoms with E-state index in [9.17, 15) is 13.2 Å². The van der Waals surface area contributed by atoms with Crippen LogP contribution in [0.4, 0.5) is 24.5 Å². The van der Waals surface area contributed by atoms with E-state index in [2.05, 4.69) is 79.2 Å². The van der Waals surface area contributed by atoms with Gasteiger partial charge in [0, 0.05) is 53.5 Å². The van der Waals surface area contributed by atoms with E-state index in [0.717, 1.165) is 48.1 Å². The Labute approximate surface area is 292 Å². The lowest BCUT2D eigenvalue weighted by Gasteiger charge is -2.30. The maximum Gasteiger partial charge on any atom is 0.573 e. The average molecular weight is 678 g/mol. The monoisotopic (exact) mass is 677 g/mol. The second-order valence-corrected chi connectivity index (χ2v) is 16.1. The number of allylic oxidation sites excluding steroid dienone is 3. The van der Waals surface area contributed by atoms with Crippen molar-refractivity contribution in [1.82, 2.24) is 0 Å². The summed E-state index contributed by atoms with van der Waals surface area (Å²) in [7, 11) is 1.73. The van der Waals surface area contributed by atoms with Crippen LogP contribution in [0, 0.1) is 18.8 Å². The van der Waals surface area contributed by atoms with Gasteiger partial charge in [0.1, 0.15) is 18.1 Å². The molecule has 2 heterocycles. The van der Waals surface area contributed by atoms with Crippen LogP contribution in [-0.2, 0) is 15.6 Å². The Hall–Kier alpha value is -3.22. The Kier molecular flexibility index (Phi) is 10.3. The van der Waals surface area contributed by atoms with Crippen LogP contribution in [0.1, 0.15) is 121 Å². The summed E-state index contributed by atoms with van der Waals surface area (Å²) in [6.45, 7) is 12.8. The molecule has 0 atom stereocenters. The molecule has 2 aromatic rings. The minimum Gasteiger partial charge on any atom is -0.496 e. The number of nitrogens with zero attached hydrogens (tertiary/aromatic N) is 2. The molecule has 0 aromatic heterocycles. The summed E-state index contributed by atoms with van der Waals surface area (Å²) in [5.41, 5.74) is 7.12. The minimum atomic E-state index is -4.74. The van der Waals surface area contributed by atoms with Gasteiger partial charge >= 0.3 is 6.36 Å². The molecule has 4 aliphatic rings. The number of methoxy groups -OCH3 is 1. The Balaban J connectivity index is 1.40. The maximum atomic E-state index is 13.3. The molecule has 0 saturated heterocycles. The second kappa shape index (κ2) is 14.2. The van der Waals surface area contributed by atoms with Crippen LogP contribution in [0.2, 0.25) is 0 Å².